The summed E-state index contributed by atoms with van der Waals surface area (Å²) in [6, 6.07) is 25.3. The van der Waals surface area contributed by atoms with Crippen LogP contribution in [0.15, 0.2) is 109 Å². The Kier molecular flexibility index (Phi) is 4.20. The fourth-order valence-electron chi connectivity index (χ4n) is 6.06. The average Bonchev–Trinajstić information content (AvgIpc) is 2.87. The van der Waals surface area contributed by atoms with Crippen LogP contribution in [0.2, 0.25) is 0 Å². The summed E-state index contributed by atoms with van der Waals surface area (Å²) < 4.78 is 0. The van der Waals surface area contributed by atoms with Gasteiger partial charge in [0.15, 0.2) is 0 Å². The highest BCUT2D eigenvalue weighted by Gasteiger charge is 2.21. The van der Waals surface area contributed by atoms with Crippen LogP contribution in [0.4, 0.5) is 0 Å². The minimum atomic E-state index is 0.444. The number of hydrogen-bond donors (Lipinski definition) is 0. The van der Waals surface area contributed by atoms with E-state index in [9.17, 15) is 0 Å². The highest BCUT2D eigenvalue weighted by Crippen LogP contribution is 2.43. The minimum absolute atomic E-state index is 0.444. The molecule has 5 aromatic rings. The molecule has 2 unspecified atom stereocenters. The molecule has 0 aromatic heterocycles. The Balaban J connectivity index is 1.50. The molecule has 0 nitrogen and oxygen atoms in total. The fraction of sp³-hybridized carbons (Fsp3) is 0.118. The van der Waals surface area contributed by atoms with Gasteiger partial charge in [0.2, 0.25) is 0 Å². The maximum Gasteiger partial charge on any atom is 0.00567 e. The van der Waals surface area contributed by atoms with E-state index in [1.807, 2.05) is 0 Å². The normalized spacial score (nSPS) is 19.3. The Bertz CT molecular complexity index is 1720. The predicted octanol–water partition coefficient (Wildman–Crippen LogP) is 9.18. The number of aryl methyl sites for hydroxylation is 2. The molecule has 0 saturated heterocycles. The van der Waals surface area contributed by atoms with Crippen molar-refractivity contribution in [3.63, 3.8) is 0 Å². The van der Waals surface area contributed by atoms with Crippen molar-refractivity contribution in [2.45, 2.75) is 13.8 Å². The number of allylic oxidation sites excluding steroid dienone is 8. The first kappa shape index (κ1) is 19.6. The van der Waals surface area contributed by atoms with Crippen LogP contribution < -0.4 is 0 Å². The first-order valence-electron chi connectivity index (χ1n) is 12.2. The summed E-state index contributed by atoms with van der Waals surface area (Å²) >= 11 is 0. The zero-order valence-electron chi connectivity index (χ0n) is 19.5. The Morgan fingerprint density at radius 1 is 0.559 bits per heavy atom. The molecule has 162 valence electrons. The van der Waals surface area contributed by atoms with E-state index in [4.69, 9.17) is 0 Å². The van der Waals surface area contributed by atoms with Crippen molar-refractivity contribution in [2.24, 2.45) is 11.8 Å². The second-order valence-corrected chi connectivity index (χ2v) is 9.87. The van der Waals surface area contributed by atoms with Gasteiger partial charge in [-0.15, -0.1) is 0 Å². The van der Waals surface area contributed by atoms with Crippen LogP contribution in [0.25, 0.3) is 49.0 Å². The van der Waals surface area contributed by atoms with Crippen molar-refractivity contribution in [1.29, 1.82) is 0 Å². The number of fused-ring (bicyclic) bond motifs is 1. The van der Waals surface area contributed by atoms with E-state index in [0.29, 0.717) is 11.8 Å². The van der Waals surface area contributed by atoms with E-state index < -0.39 is 0 Å². The molecule has 0 radical (unpaired) electrons. The molecule has 0 spiro atoms. The smallest absolute Gasteiger partial charge is 0.00567 e. The molecule has 2 aliphatic rings. The third kappa shape index (κ3) is 2.85. The summed E-state index contributed by atoms with van der Waals surface area (Å²) in [6.45, 7) is 4.39. The van der Waals surface area contributed by atoms with Crippen LogP contribution in [-0.2, 0) is 0 Å². The van der Waals surface area contributed by atoms with Crippen LogP contribution in [-0.4, -0.2) is 0 Å². The summed E-state index contributed by atoms with van der Waals surface area (Å²) in [5, 5.41) is 8.08. The second-order valence-electron chi connectivity index (χ2n) is 9.87. The Morgan fingerprint density at radius 3 is 1.91 bits per heavy atom. The largest absolute Gasteiger partial charge is 0.0767 e. The zero-order valence-corrected chi connectivity index (χ0v) is 19.5. The van der Waals surface area contributed by atoms with Crippen LogP contribution in [0.1, 0.15) is 16.7 Å². The Morgan fingerprint density at radius 2 is 1.18 bits per heavy atom. The standard InChI is InChI=1S/C34H26/c1-21-7-14-28(22(2)19-21)30-16-11-25-12-17-31-29(15-10-24-13-18-32(30)34(25)33(24)31)27-9-8-23-5-3-4-6-26(23)20-27/h3-20,23,26H,1-2H3. The van der Waals surface area contributed by atoms with E-state index in [-0.39, 0.29) is 0 Å². The summed E-state index contributed by atoms with van der Waals surface area (Å²) in [4.78, 5) is 0. The number of rotatable bonds is 2. The van der Waals surface area contributed by atoms with E-state index in [2.05, 4.69) is 123 Å². The van der Waals surface area contributed by atoms with Crippen LogP contribution in [0, 0.1) is 25.7 Å². The first-order valence-corrected chi connectivity index (χ1v) is 12.2. The lowest BCUT2D eigenvalue weighted by Crippen LogP contribution is -2.11. The molecule has 0 saturated carbocycles. The highest BCUT2D eigenvalue weighted by atomic mass is 14.2. The lowest BCUT2D eigenvalue weighted by Gasteiger charge is -2.24. The molecular formula is C34H26. The molecule has 0 amide bonds. The van der Waals surface area contributed by atoms with Crippen LogP contribution >= 0.6 is 0 Å². The lowest BCUT2D eigenvalue weighted by atomic mass is 9.80. The van der Waals surface area contributed by atoms with E-state index in [1.54, 1.807) is 0 Å². The van der Waals surface area contributed by atoms with Crippen LogP contribution in [0.5, 0.6) is 0 Å². The van der Waals surface area contributed by atoms with Crippen molar-refractivity contribution < 1.29 is 0 Å². The molecule has 0 N–H and O–H groups in total. The van der Waals surface area contributed by atoms with Gasteiger partial charge < -0.3 is 0 Å². The van der Waals surface area contributed by atoms with Gasteiger partial charge in [-0.25, -0.2) is 0 Å². The van der Waals surface area contributed by atoms with Crippen molar-refractivity contribution >= 4 is 37.9 Å². The molecule has 2 aliphatic carbocycles. The van der Waals surface area contributed by atoms with Gasteiger partial charge in [0.25, 0.3) is 0 Å². The Labute approximate surface area is 200 Å². The van der Waals surface area contributed by atoms with E-state index in [0.717, 1.165) is 0 Å². The fourth-order valence-corrected chi connectivity index (χ4v) is 6.06. The maximum atomic E-state index is 2.44. The molecule has 7 rings (SSSR count). The molecule has 5 aromatic carbocycles. The van der Waals surface area contributed by atoms with Crippen LogP contribution in [0.3, 0.4) is 0 Å². The van der Waals surface area contributed by atoms with E-state index >= 15 is 0 Å². The van der Waals surface area contributed by atoms with Gasteiger partial charge in [0.05, 0.1) is 0 Å². The van der Waals surface area contributed by atoms with Gasteiger partial charge in [0, 0.05) is 11.8 Å². The zero-order chi connectivity index (χ0) is 22.8. The Hall–Kier alpha value is -3.90. The van der Waals surface area contributed by atoms with Gasteiger partial charge in [0.1, 0.15) is 0 Å². The summed E-state index contributed by atoms with van der Waals surface area (Å²) in [6.07, 6.45) is 16.1. The third-order valence-corrected chi connectivity index (χ3v) is 7.74. The predicted molar refractivity (Wildman–Crippen MR) is 147 cm³/mol. The molecule has 0 heterocycles. The van der Waals surface area contributed by atoms with Gasteiger partial charge >= 0.3 is 0 Å². The number of hydrogen-bond acceptors (Lipinski definition) is 0. The molecule has 0 heteroatoms. The van der Waals surface area contributed by atoms with Crippen molar-refractivity contribution in [2.75, 3.05) is 0 Å². The summed E-state index contributed by atoms with van der Waals surface area (Å²) in [7, 11) is 0. The quantitative estimate of drug-likeness (QED) is 0.243. The SMILES string of the molecule is Cc1ccc(-c2ccc3ccc4c(C5=CC6C=CC=CC6C=C5)ccc5ccc2c3c54)c(C)c1. The van der Waals surface area contributed by atoms with Gasteiger partial charge in [-0.3, -0.25) is 0 Å². The minimum Gasteiger partial charge on any atom is -0.0767 e. The first-order chi connectivity index (χ1) is 16.7. The molecular weight excluding hydrogens is 408 g/mol. The molecule has 34 heavy (non-hydrogen) atoms. The molecule has 0 fully saturated rings. The van der Waals surface area contributed by atoms with Gasteiger partial charge in [-0.2, -0.15) is 0 Å². The topological polar surface area (TPSA) is 0 Å². The second kappa shape index (κ2) is 7.30. The average molecular weight is 435 g/mol. The van der Waals surface area contributed by atoms with Crippen molar-refractivity contribution in [1.82, 2.24) is 0 Å². The maximum absolute atomic E-state index is 2.44. The monoisotopic (exact) mass is 434 g/mol. The summed E-state index contributed by atoms with van der Waals surface area (Å²) in [5.41, 5.74) is 7.94. The highest BCUT2D eigenvalue weighted by molar-refractivity contribution is 6.27. The molecule has 0 aliphatic heterocycles. The third-order valence-electron chi connectivity index (χ3n) is 7.74. The van der Waals surface area contributed by atoms with Crippen molar-refractivity contribution in [3.8, 4) is 11.1 Å². The summed E-state index contributed by atoms with van der Waals surface area (Å²) in [5.74, 6) is 0.925. The number of benzene rings is 5. The van der Waals surface area contributed by atoms with E-state index in [1.165, 1.54) is 65.7 Å². The molecule has 2 atom stereocenters. The lowest BCUT2D eigenvalue weighted by molar-refractivity contribution is 0.663. The molecule has 0 bridgehead atoms. The van der Waals surface area contributed by atoms with Gasteiger partial charge in [-0.1, -0.05) is 115 Å². The van der Waals surface area contributed by atoms with Gasteiger partial charge in [-0.05, 0) is 74.0 Å². The van der Waals surface area contributed by atoms with Crippen molar-refractivity contribution in [3.05, 3.63) is 126 Å².